The van der Waals surface area contributed by atoms with Gasteiger partial charge in [-0.2, -0.15) is 0 Å². The highest BCUT2D eigenvalue weighted by Crippen LogP contribution is 2.41. The van der Waals surface area contributed by atoms with Gasteiger partial charge in [0, 0.05) is 0 Å². The first-order valence-corrected chi connectivity index (χ1v) is 5.88. The molecule has 0 spiro atoms. The first kappa shape index (κ1) is 9.66. The highest BCUT2D eigenvalue weighted by molar-refractivity contribution is 5.85. The summed E-state index contributed by atoms with van der Waals surface area (Å²) in [5, 5.41) is 0. The minimum absolute atomic E-state index is 0.243. The monoisotopic (exact) mass is 232 g/mol. The van der Waals surface area contributed by atoms with Crippen molar-refractivity contribution in [2.75, 3.05) is 6.61 Å². The van der Waals surface area contributed by atoms with E-state index < -0.39 is 6.08 Å². The smallest absolute Gasteiger partial charge is 0.217 e. The van der Waals surface area contributed by atoms with Crippen LogP contribution in [0.1, 0.15) is 32.4 Å². The van der Waals surface area contributed by atoms with Gasteiger partial charge in [0.05, 0.1) is 6.91 Å². The number of benzene rings is 1. The molecule has 3 nitrogen and oxygen atoms in total. The Labute approximate surface area is 103 Å². The van der Waals surface area contributed by atoms with Crippen molar-refractivity contribution in [3.05, 3.63) is 35.4 Å². The Morgan fingerprint density at radius 2 is 2.06 bits per heavy atom. The van der Waals surface area contributed by atoms with Crippen molar-refractivity contribution < 1.29 is 10.8 Å². The molecule has 0 aliphatic carbocycles. The van der Waals surface area contributed by atoms with Gasteiger partial charge in [0.15, 0.2) is 6.08 Å². The number of ether oxygens (including phenoxy) is 2. The number of aryl methyl sites for hydroxylation is 1. The average molecular weight is 232 g/mol. The topological polar surface area (TPSA) is 34.1 Å². The van der Waals surface area contributed by atoms with Crippen LogP contribution in [0.2, 0.25) is 0 Å². The summed E-state index contributed by atoms with van der Waals surface area (Å²) in [7, 11) is 0. The number of rotatable bonds is 2. The predicted octanol–water partition coefficient (Wildman–Crippen LogP) is 2.64. The van der Waals surface area contributed by atoms with Crippen molar-refractivity contribution in [1.82, 2.24) is 0 Å². The Balaban J connectivity index is 1.82. The molecule has 2 atom stereocenters. The maximum atomic E-state index is 8.29. The molecule has 3 rings (SSSR count). The third-order valence-corrected chi connectivity index (χ3v) is 2.98. The Morgan fingerprint density at radius 1 is 1.35 bits per heavy atom. The summed E-state index contributed by atoms with van der Waals surface area (Å²) < 4.78 is 19.3. The summed E-state index contributed by atoms with van der Waals surface area (Å²) in [6.45, 7) is 6.55. The van der Waals surface area contributed by atoms with Crippen LogP contribution < -0.4 is 0 Å². The highest BCUT2D eigenvalue weighted by Gasteiger charge is 2.48. The minimum atomic E-state index is -1.12. The van der Waals surface area contributed by atoms with Gasteiger partial charge >= 0.3 is 0 Å². The Hall–Kier alpha value is -1.35. The molecule has 2 aliphatic rings. The molecule has 1 fully saturated rings. The van der Waals surface area contributed by atoms with Gasteiger partial charge < -0.3 is 9.47 Å². The highest BCUT2D eigenvalue weighted by atomic mass is 16.6. The third-order valence-electron chi connectivity index (χ3n) is 2.98. The van der Waals surface area contributed by atoms with Gasteiger partial charge in [0.25, 0.3) is 0 Å². The molecule has 3 heteroatoms. The lowest BCUT2D eigenvalue weighted by Crippen LogP contribution is -2.17. The molecule has 1 aromatic rings. The minimum Gasteiger partial charge on any atom is -0.476 e. The number of hydrogen-bond donors (Lipinski definition) is 0. The molecular formula is C14H17NO2. The van der Waals surface area contributed by atoms with Gasteiger partial charge in [0.1, 0.15) is 12.7 Å². The summed E-state index contributed by atoms with van der Waals surface area (Å²) in [4.78, 5) is 4.43. The molecule has 90 valence electrons. The van der Waals surface area contributed by atoms with E-state index in [2.05, 4.69) is 4.99 Å². The molecule has 0 bridgehead atoms. The van der Waals surface area contributed by atoms with E-state index in [9.17, 15) is 0 Å². The van der Waals surface area contributed by atoms with Crippen LogP contribution >= 0.6 is 0 Å². The molecule has 2 aliphatic heterocycles. The molecule has 0 amide bonds. The average Bonchev–Trinajstić information content (AvgIpc) is 2.85. The number of epoxide rings is 1. The zero-order valence-electron chi connectivity index (χ0n) is 11.4. The molecule has 1 aromatic carbocycles. The molecule has 2 heterocycles. The summed E-state index contributed by atoms with van der Waals surface area (Å²) in [5.74, 6) is 0.415. The quantitative estimate of drug-likeness (QED) is 0.735. The fourth-order valence-electron chi connectivity index (χ4n) is 1.93. The van der Waals surface area contributed by atoms with Crippen molar-refractivity contribution in [1.29, 1.82) is 0 Å². The normalized spacial score (nSPS) is 34.9. The summed E-state index contributed by atoms with van der Waals surface area (Å²) in [6.07, 6.45) is -1.38. The standard InChI is InChI=1S/C14H17NO2/c1-9-4-6-10(7-5-9)11-12(17-11)13-15-14(2,3)8-16-13/h4-7,11-12H,8H2,1-3H3/t11-,12+/m0/s1/i12D. The second-order valence-electron chi connectivity index (χ2n) is 5.29. The van der Waals surface area contributed by atoms with Crippen LogP contribution in [0, 0.1) is 6.92 Å². The fourth-order valence-corrected chi connectivity index (χ4v) is 1.93. The Bertz CT molecular complexity index is 509. The molecule has 0 N–H and O–H groups in total. The van der Waals surface area contributed by atoms with Crippen LogP contribution in [0.5, 0.6) is 0 Å². The second kappa shape index (κ2) is 3.57. The van der Waals surface area contributed by atoms with E-state index in [4.69, 9.17) is 10.8 Å². The second-order valence-corrected chi connectivity index (χ2v) is 5.29. The first-order chi connectivity index (χ1) is 8.41. The van der Waals surface area contributed by atoms with Crippen LogP contribution in [0.25, 0.3) is 0 Å². The van der Waals surface area contributed by atoms with E-state index >= 15 is 0 Å². The molecular weight excluding hydrogens is 214 g/mol. The van der Waals surface area contributed by atoms with Gasteiger partial charge in [-0.05, 0) is 26.3 Å². The van der Waals surface area contributed by atoms with Crippen molar-refractivity contribution in [3.63, 3.8) is 0 Å². The van der Waals surface area contributed by atoms with Gasteiger partial charge in [-0.1, -0.05) is 29.8 Å². The van der Waals surface area contributed by atoms with E-state index in [1.807, 2.05) is 45.0 Å². The van der Waals surface area contributed by atoms with Crippen LogP contribution in [-0.2, 0) is 9.47 Å². The first-order valence-electron chi connectivity index (χ1n) is 6.38. The van der Waals surface area contributed by atoms with Crippen molar-refractivity contribution >= 4 is 5.90 Å². The molecule has 0 radical (unpaired) electrons. The lowest BCUT2D eigenvalue weighted by molar-refractivity contribution is 0.266. The number of hydrogen-bond acceptors (Lipinski definition) is 3. The molecule has 0 saturated carbocycles. The van der Waals surface area contributed by atoms with Crippen LogP contribution in [0.4, 0.5) is 0 Å². The molecule has 0 unspecified atom stereocenters. The van der Waals surface area contributed by atoms with Gasteiger partial charge in [-0.15, -0.1) is 0 Å². The van der Waals surface area contributed by atoms with Gasteiger partial charge in [-0.25, -0.2) is 4.99 Å². The largest absolute Gasteiger partial charge is 0.476 e. The van der Waals surface area contributed by atoms with Gasteiger partial charge in [0.2, 0.25) is 5.90 Å². The third kappa shape index (κ3) is 2.07. The van der Waals surface area contributed by atoms with Crippen LogP contribution in [-0.4, -0.2) is 24.1 Å². The van der Waals surface area contributed by atoms with Crippen LogP contribution in [0.15, 0.2) is 29.3 Å². The maximum Gasteiger partial charge on any atom is 0.217 e. The lowest BCUT2D eigenvalue weighted by atomic mass is 10.1. The Morgan fingerprint density at radius 3 is 2.65 bits per heavy atom. The van der Waals surface area contributed by atoms with Crippen molar-refractivity contribution in [3.8, 4) is 0 Å². The van der Waals surface area contributed by atoms with E-state index in [-0.39, 0.29) is 11.6 Å². The van der Waals surface area contributed by atoms with Crippen molar-refractivity contribution in [2.45, 2.75) is 38.5 Å². The molecule has 0 aromatic heterocycles. The number of aliphatic imine (C=N–C) groups is 1. The van der Waals surface area contributed by atoms with Gasteiger partial charge in [-0.3, -0.25) is 0 Å². The van der Waals surface area contributed by atoms with Crippen molar-refractivity contribution in [2.24, 2.45) is 4.99 Å². The van der Waals surface area contributed by atoms with E-state index in [0.717, 1.165) is 5.56 Å². The van der Waals surface area contributed by atoms with E-state index in [0.29, 0.717) is 12.5 Å². The zero-order chi connectivity index (χ0) is 13.0. The van der Waals surface area contributed by atoms with E-state index in [1.54, 1.807) is 0 Å². The summed E-state index contributed by atoms with van der Waals surface area (Å²) in [5.41, 5.74) is 1.96. The number of nitrogens with zero attached hydrogens (tertiary/aromatic N) is 1. The summed E-state index contributed by atoms with van der Waals surface area (Å²) >= 11 is 0. The molecule has 1 saturated heterocycles. The zero-order valence-corrected chi connectivity index (χ0v) is 10.4. The lowest BCUT2D eigenvalue weighted by Gasteiger charge is -2.07. The van der Waals surface area contributed by atoms with E-state index in [1.165, 1.54) is 5.56 Å². The molecule has 17 heavy (non-hydrogen) atoms. The summed E-state index contributed by atoms with van der Waals surface area (Å²) in [6, 6.07) is 8.05. The Kier molecular flexibility index (Phi) is 2.03. The fraction of sp³-hybridized carbons (Fsp3) is 0.500. The SMILES string of the molecule is [2H][C@@]1(C2=NC(C)(C)CO2)O[C@H]1c1ccc(C)cc1. The predicted molar refractivity (Wildman–Crippen MR) is 66.3 cm³/mol. The van der Waals surface area contributed by atoms with Crippen LogP contribution in [0.3, 0.4) is 0 Å². The maximum absolute atomic E-state index is 8.29.